The van der Waals surface area contributed by atoms with Gasteiger partial charge in [-0.25, -0.2) is 4.79 Å². The van der Waals surface area contributed by atoms with Crippen molar-refractivity contribution in [2.45, 2.75) is 92.1 Å². The topological polar surface area (TPSA) is 122 Å². The molecule has 3 aliphatic carbocycles. The second kappa shape index (κ2) is 12.5. The molecule has 0 heterocycles. The minimum atomic E-state index is -1.17. The molecule has 0 N–H and O–H groups in total. The lowest BCUT2D eigenvalue weighted by molar-refractivity contribution is -0.211. The molecule has 0 spiro atoms. The van der Waals surface area contributed by atoms with E-state index in [1.807, 2.05) is 51.1 Å². The summed E-state index contributed by atoms with van der Waals surface area (Å²) in [5.41, 5.74) is 0.615. The maximum Gasteiger partial charge on any atom is 0.331 e. The van der Waals surface area contributed by atoms with E-state index in [1.54, 1.807) is 13.0 Å². The van der Waals surface area contributed by atoms with Crippen molar-refractivity contribution in [3.8, 4) is 0 Å². The molecule has 1 aromatic carbocycles. The summed E-state index contributed by atoms with van der Waals surface area (Å²) in [6.45, 7) is 15.7. The Hall–Kier alpha value is -4.01. The molecule has 0 saturated heterocycles. The Morgan fingerprint density at radius 2 is 1.50 bits per heavy atom. The van der Waals surface area contributed by atoms with E-state index in [4.69, 9.17) is 18.9 Å². The maximum absolute atomic E-state index is 13.4. The molecule has 0 aliphatic heterocycles. The number of rotatable bonds is 6. The molecule has 3 aliphatic rings. The summed E-state index contributed by atoms with van der Waals surface area (Å²) in [5.74, 6) is -3.29. The number of hydrogen-bond acceptors (Lipinski definition) is 9. The first-order valence-corrected chi connectivity index (χ1v) is 15.0. The predicted molar refractivity (Wildman–Crippen MR) is 162 cm³/mol. The van der Waals surface area contributed by atoms with E-state index >= 15 is 0 Å². The summed E-state index contributed by atoms with van der Waals surface area (Å²) in [6.07, 6.45) is -0.379. The van der Waals surface area contributed by atoms with Gasteiger partial charge in [0.05, 0.1) is 5.41 Å². The number of benzene rings is 1. The van der Waals surface area contributed by atoms with Crippen LogP contribution in [0.15, 0.2) is 59.7 Å². The molecule has 9 heteroatoms. The molecule has 2 saturated carbocycles. The standard InChI is InChI=1S/C35H42O9/c1-19-26-16-25-17-27(39)20(2)31(34(25,6)7)32(42-22(4)37)33(43-23(5)38)35(26,8)29(41-21(3)36)18-28(19)44-30(40)15-14-24-12-10-9-11-13-24/h9-15,25-26,28-29,32-33H,1,16-18H2,2-8H3/t25?,26?,28?,29?,32?,33?,35-/m0/s1. The lowest BCUT2D eigenvalue weighted by Crippen LogP contribution is -2.64. The number of carbonyl (C=O) groups is 5. The smallest absolute Gasteiger partial charge is 0.331 e. The van der Waals surface area contributed by atoms with Crippen molar-refractivity contribution in [1.29, 1.82) is 0 Å². The summed E-state index contributed by atoms with van der Waals surface area (Å²) in [4.78, 5) is 64.2. The third-order valence-corrected chi connectivity index (χ3v) is 9.76. The Morgan fingerprint density at radius 3 is 2.09 bits per heavy atom. The number of allylic oxidation sites excluding steroid dienone is 1. The van der Waals surface area contributed by atoms with Crippen molar-refractivity contribution in [3.63, 3.8) is 0 Å². The zero-order chi connectivity index (χ0) is 32.6. The van der Waals surface area contributed by atoms with Gasteiger partial charge in [-0.2, -0.15) is 0 Å². The average Bonchev–Trinajstić information content (AvgIpc) is 2.93. The minimum absolute atomic E-state index is 0.0475. The first-order valence-electron chi connectivity index (χ1n) is 15.0. The minimum Gasteiger partial charge on any atom is -0.462 e. The van der Waals surface area contributed by atoms with Crippen molar-refractivity contribution in [2.24, 2.45) is 22.7 Å². The molecule has 2 fully saturated rings. The number of carbonyl (C=O) groups excluding carboxylic acids is 5. The number of Topliss-reactive ketones (excluding diaryl/α,β-unsaturated/α-hetero) is 1. The third-order valence-electron chi connectivity index (χ3n) is 9.76. The number of ketones is 1. The summed E-state index contributed by atoms with van der Waals surface area (Å²) < 4.78 is 23.8. The van der Waals surface area contributed by atoms with Gasteiger partial charge in [-0.15, -0.1) is 0 Å². The van der Waals surface area contributed by atoms with Gasteiger partial charge in [0.2, 0.25) is 0 Å². The number of ether oxygens (including phenoxy) is 4. The van der Waals surface area contributed by atoms with Crippen LogP contribution in [0.5, 0.6) is 0 Å². The fraction of sp³-hybridized carbons (Fsp3) is 0.514. The molecular weight excluding hydrogens is 564 g/mol. The molecule has 0 aromatic heterocycles. The fourth-order valence-electron chi connectivity index (χ4n) is 7.51. The van der Waals surface area contributed by atoms with Crippen LogP contribution < -0.4 is 0 Å². The third kappa shape index (κ3) is 6.28. The van der Waals surface area contributed by atoms with Gasteiger partial charge in [0.15, 0.2) is 18.0 Å². The lowest BCUT2D eigenvalue weighted by Gasteiger charge is -2.59. The Kier molecular flexibility index (Phi) is 9.37. The van der Waals surface area contributed by atoms with Gasteiger partial charge in [0.1, 0.15) is 12.2 Å². The molecule has 2 bridgehead atoms. The molecular formula is C35H42O9. The van der Waals surface area contributed by atoms with Gasteiger partial charge in [-0.3, -0.25) is 19.2 Å². The fourth-order valence-corrected chi connectivity index (χ4v) is 7.51. The van der Waals surface area contributed by atoms with Crippen molar-refractivity contribution in [3.05, 3.63) is 65.3 Å². The van der Waals surface area contributed by atoms with Crippen molar-refractivity contribution in [2.75, 3.05) is 0 Å². The van der Waals surface area contributed by atoms with Gasteiger partial charge in [0.25, 0.3) is 0 Å². The molecule has 0 amide bonds. The predicted octanol–water partition coefficient (Wildman–Crippen LogP) is 5.32. The van der Waals surface area contributed by atoms with Gasteiger partial charge < -0.3 is 18.9 Å². The van der Waals surface area contributed by atoms with E-state index < -0.39 is 65.0 Å². The summed E-state index contributed by atoms with van der Waals surface area (Å²) in [6, 6.07) is 9.29. The molecule has 4 rings (SSSR count). The van der Waals surface area contributed by atoms with Gasteiger partial charge in [-0.05, 0) is 59.0 Å². The van der Waals surface area contributed by atoms with Crippen LogP contribution in [0.1, 0.15) is 73.3 Å². The van der Waals surface area contributed by atoms with Crippen molar-refractivity contribution < 1.29 is 42.9 Å². The zero-order valence-corrected chi connectivity index (χ0v) is 26.5. The Bertz CT molecular complexity index is 1420. The normalized spacial score (nSPS) is 31.3. The monoisotopic (exact) mass is 606 g/mol. The number of hydrogen-bond donors (Lipinski definition) is 0. The van der Waals surface area contributed by atoms with E-state index in [0.29, 0.717) is 23.1 Å². The van der Waals surface area contributed by atoms with E-state index in [-0.39, 0.29) is 24.5 Å². The Morgan fingerprint density at radius 1 is 0.886 bits per heavy atom. The molecule has 0 radical (unpaired) electrons. The maximum atomic E-state index is 13.4. The van der Waals surface area contributed by atoms with Crippen LogP contribution in [0.3, 0.4) is 0 Å². The van der Waals surface area contributed by atoms with Crippen molar-refractivity contribution in [1.82, 2.24) is 0 Å². The lowest BCUT2D eigenvalue weighted by atomic mass is 9.49. The SMILES string of the molecule is C=C1C(OC(=O)C=Cc2ccccc2)CC(OC(C)=O)[C@]2(C)C1CC1CC(=O)C(C)=C(C(OC(C)=O)C2OC(C)=O)C1(C)C. The van der Waals surface area contributed by atoms with Crippen LogP contribution in [0.2, 0.25) is 0 Å². The highest BCUT2D eigenvalue weighted by Gasteiger charge is 2.64. The highest BCUT2D eigenvalue weighted by molar-refractivity contribution is 5.97. The van der Waals surface area contributed by atoms with E-state index in [9.17, 15) is 24.0 Å². The summed E-state index contributed by atoms with van der Waals surface area (Å²) >= 11 is 0. The van der Waals surface area contributed by atoms with Crippen LogP contribution >= 0.6 is 0 Å². The quantitative estimate of drug-likeness (QED) is 0.183. The first kappa shape index (κ1) is 32.9. The molecule has 7 atom stereocenters. The van der Waals surface area contributed by atoms with Crippen LogP contribution in [0.25, 0.3) is 6.08 Å². The van der Waals surface area contributed by atoms with Crippen LogP contribution in [-0.4, -0.2) is 54.1 Å². The summed E-state index contributed by atoms with van der Waals surface area (Å²) in [7, 11) is 0. The number of fused-ring (bicyclic) bond motifs is 3. The Labute approximate surface area is 258 Å². The largest absolute Gasteiger partial charge is 0.462 e. The number of esters is 4. The van der Waals surface area contributed by atoms with Crippen molar-refractivity contribution >= 4 is 35.7 Å². The van der Waals surface area contributed by atoms with Crippen LogP contribution in [0, 0.1) is 22.7 Å². The van der Waals surface area contributed by atoms with Gasteiger partial charge in [-0.1, -0.05) is 57.7 Å². The van der Waals surface area contributed by atoms with Crippen LogP contribution in [0.4, 0.5) is 0 Å². The highest BCUT2D eigenvalue weighted by Crippen LogP contribution is 2.60. The van der Waals surface area contributed by atoms with Gasteiger partial charge >= 0.3 is 23.9 Å². The first-order chi connectivity index (χ1) is 20.6. The molecule has 1 aromatic rings. The second-order valence-electron chi connectivity index (χ2n) is 12.9. The summed E-state index contributed by atoms with van der Waals surface area (Å²) in [5, 5.41) is 0. The second-order valence-corrected chi connectivity index (χ2v) is 12.9. The van der Waals surface area contributed by atoms with E-state index in [1.165, 1.54) is 26.8 Å². The molecule has 236 valence electrons. The highest BCUT2D eigenvalue weighted by atomic mass is 16.6. The van der Waals surface area contributed by atoms with Gasteiger partial charge in [0, 0.05) is 39.7 Å². The zero-order valence-electron chi connectivity index (χ0n) is 26.5. The van der Waals surface area contributed by atoms with E-state index in [0.717, 1.165) is 5.56 Å². The average molecular weight is 607 g/mol. The van der Waals surface area contributed by atoms with Crippen LogP contribution in [-0.2, 0) is 42.9 Å². The Balaban J connectivity index is 1.86. The molecule has 44 heavy (non-hydrogen) atoms. The molecule has 6 unspecified atom stereocenters. The molecule has 9 nitrogen and oxygen atoms in total. The van der Waals surface area contributed by atoms with E-state index in [2.05, 4.69) is 6.58 Å².